The fraction of sp³-hybridized carbons (Fsp3) is 0.837. The number of Topliss-reactive ketones (excluding diaryl/α,β-unsaturated/α-hetero) is 1. The highest BCUT2D eigenvalue weighted by Crippen LogP contribution is 2.66. The minimum absolute atomic E-state index is 0.0722. The van der Waals surface area contributed by atoms with Crippen molar-refractivity contribution in [1.29, 1.82) is 0 Å². The summed E-state index contributed by atoms with van der Waals surface area (Å²) < 4.78 is 0. The Balaban J connectivity index is 1.25. The van der Waals surface area contributed by atoms with Gasteiger partial charge in [-0.25, -0.2) is 4.79 Å². The van der Waals surface area contributed by atoms with Gasteiger partial charge in [-0.1, -0.05) is 91.6 Å². The maximum atomic E-state index is 15.2. The highest BCUT2D eigenvalue weighted by Gasteiger charge is 2.64. The summed E-state index contributed by atoms with van der Waals surface area (Å²) in [4.78, 5) is 72.2. The second-order valence-corrected chi connectivity index (χ2v) is 19.6. The van der Waals surface area contributed by atoms with Crippen LogP contribution in [-0.4, -0.2) is 71.2 Å². The van der Waals surface area contributed by atoms with E-state index in [1.807, 2.05) is 25.7 Å². The molecule has 1 heterocycles. The molecule has 5 saturated carbocycles. The second kappa shape index (κ2) is 16.1. The molecule has 4 N–H and O–H groups in total. The topological polar surface area (TPSA) is 137 Å². The zero-order valence-corrected chi connectivity index (χ0v) is 33.3. The van der Waals surface area contributed by atoms with Crippen LogP contribution in [0.5, 0.6) is 0 Å². The third kappa shape index (κ3) is 8.98. The van der Waals surface area contributed by atoms with Crippen LogP contribution in [0, 0.1) is 34.0 Å². The van der Waals surface area contributed by atoms with Gasteiger partial charge in [-0.3, -0.25) is 19.2 Å². The highest BCUT2D eigenvalue weighted by molar-refractivity contribution is 5.94. The molecule has 10 nitrogen and oxygen atoms in total. The molecule has 0 radical (unpaired) electrons. The number of rotatable bonds is 14. The smallest absolute Gasteiger partial charge is 0.315 e. The number of nitrogens with zero attached hydrogens (tertiary/aromatic N) is 1. The van der Waals surface area contributed by atoms with E-state index in [2.05, 4.69) is 34.8 Å². The lowest BCUT2D eigenvalue weighted by atomic mass is 9.70. The fourth-order valence-electron chi connectivity index (χ4n) is 10.9. The molecular weight excluding hydrogens is 667 g/mol. The molecule has 0 aromatic heterocycles. The van der Waals surface area contributed by atoms with Crippen LogP contribution in [0.15, 0.2) is 12.7 Å². The number of urea groups is 1. The summed E-state index contributed by atoms with van der Waals surface area (Å²) in [5, 5.41) is 12.7. The Kier molecular flexibility index (Phi) is 12.0. The number of carbonyl (C=O) groups excluding carboxylic acids is 5. The zero-order chi connectivity index (χ0) is 38.0. The predicted octanol–water partition coefficient (Wildman–Crippen LogP) is 6.72. The van der Waals surface area contributed by atoms with Gasteiger partial charge in [0, 0.05) is 42.9 Å². The normalized spacial score (nSPS) is 28.2. The van der Waals surface area contributed by atoms with Gasteiger partial charge in [-0.05, 0) is 86.4 Å². The van der Waals surface area contributed by atoms with Gasteiger partial charge >= 0.3 is 6.03 Å². The van der Waals surface area contributed by atoms with Gasteiger partial charge in [0.1, 0.15) is 17.9 Å². The monoisotopic (exact) mass is 736 g/mol. The summed E-state index contributed by atoms with van der Waals surface area (Å²) in [5.41, 5.74) is -1.38. The molecule has 1 aliphatic heterocycles. The second-order valence-electron chi connectivity index (χ2n) is 19.6. The molecule has 5 aliphatic carbocycles. The molecule has 1 saturated heterocycles. The van der Waals surface area contributed by atoms with Crippen LogP contribution in [0.4, 0.5) is 4.79 Å². The molecule has 5 atom stereocenters. The molecule has 10 heteroatoms. The van der Waals surface area contributed by atoms with E-state index in [9.17, 15) is 19.2 Å². The van der Waals surface area contributed by atoms with E-state index >= 15 is 4.79 Å². The first-order chi connectivity index (χ1) is 25.2. The van der Waals surface area contributed by atoms with Gasteiger partial charge < -0.3 is 26.2 Å². The average molecular weight is 736 g/mol. The van der Waals surface area contributed by atoms with Crippen molar-refractivity contribution in [3.8, 4) is 0 Å². The Morgan fingerprint density at radius 2 is 1.51 bits per heavy atom. The largest absolute Gasteiger partial charge is 0.353 e. The molecule has 0 bridgehead atoms. The number of fused-ring (bicyclic) bond motifs is 2. The molecular formula is C43H69N5O5. The minimum atomic E-state index is -0.790. The Hall–Kier alpha value is -2.91. The van der Waals surface area contributed by atoms with Gasteiger partial charge in [0.15, 0.2) is 0 Å². The minimum Gasteiger partial charge on any atom is -0.353 e. The Morgan fingerprint density at radius 1 is 0.849 bits per heavy atom. The Labute approximate surface area is 318 Å². The number of ketones is 1. The number of hydrogen-bond acceptors (Lipinski definition) is 5. The van der Waals surface area contributed by atoms with E-state index in [0.29, 0.717) is 19.0 Å². The zero-order valence-electron chi connectivity index (χ0n) is 33.3. The first-order valence-electron chi connectivity index (χ1n) is 21.3. The van der Waals surface area contributed by atoms with E-state index in [4.69, 9.17) is 0 Å². The molecule has 1 unspecified atom stereocenters. The van der Waals surface area contributed by atoms with Crippen molar-refractivity contribution in [3.05, 3.63) is 12.7 Å². The highest BCUT2D eigenvalue weighted by atomic mass is 16.2. The summed E-state index contributed by atoms with van der Waals surface area (Å²) in [6.07, 6.45) is 19.8. The van der Waals surface area contributed by atoms with Crippen molar-refractivity contribution in [2.24, 2.45) is 34.0 Å². The van der Waals surface area contributed by atoms with Crippen LogP contribution < -0.4 is 21.3 Å². The van der Waals surface area contributed by atoms with E-state index in [1.54, 1.807) is 6.08 Å². The first-order valence-corrected chi connectivity index (χ1v) is 21.3. The lowest BCUT2D eigenvalue weighted by Crippen LogP contribution is -2.63. The van der Waals surface area contributed by atoms with Gasteiger partial charge in [-0.15, -0.1) is 6.58 Å². The Morgan fingerprint density at radius 3 is 2.09 bits per heavy atom. The van der Waals surface area contributed by atoms with Gasteiger partial charge in [0.25, 0.3) is 0 Å². The number of nitrogens with one attached hydrogen (secondary N) is 4. The molecule has 6 fully saturated rings. The van der Waals surface area contributed by atoms with E-state index < -0.39 is 28.5 Å². The molecule has 6 rings (SSSR count). The third-order valence-corrected chi connectivity index (χ3v) is 14.7. The van der Waals surface area contributed by atoms with E-state index in [1.165, 1.54) is 6.42 Å². The molecule has 6 aliphatic rings. The predicted molar refractivity (Wildman–Crippen MR) is 207 cm³/mol. The van der Waals surface area contributed by atoms with Crippen LogP contribution >= 0.6 is 0 Å². The van der Waals surface area contributed by atoms with Crippen molar-refractivity contribution < 1.29 is 24.0 Å². The number of amides is 5. The fourth-order valence-corrected chi connectivity index (χ4v) is 10.9. The third-order valence-electron chi connectivity index (χ3n) is 14.7. The van der Waals surface area contributed by atoms with Gasteiger partial charge in [0.05, 0.1) is 0 Å². The average Bonchev–Trinajstić information content (AvgIpc) is 3.66. The number of likely N-dealkylation sites (tertiary alicyclic amines) is 1. The van der Waals surface area contributed by atoms with Crippen molar-refractivity contribution >= 4 is 29.5 Å². The quantitative estimate of drug-likeness (QED) is 0.147. The summed E-state index contributed by atoms with van der Waals surface area (Å²) in [7, 11) is 0. The molecule has 53 heavy (non-hydrogen) atoms. The van der Waals surface area contributed by atoms with Crippen molar-refractivity contribution in [2.45, 2.75) is 180 Å². The summed E-state index contributed by atoms with van der Waals surface area (Å²) in [6.45, 7) is 12.6. The van der Waals surface area contributed by atoms with Crippen molar-refractivity contribution in [2.75, 3.05) is 13.1 Å². The SMILES string of the molecule is C=CCNC(=O)CC(CC1CCC1)NC(=O)[C@@H]1[C@H]2CCC3(CC3)[C@H]2CN1C(=O)[C@@H](NC(=O)NC1(CC(=O)C(C)(C)C)CCCCC1)C1(C)CCCCC1. The van der Waals surface area contributed by atoms with Crippen LogP contribution in [0.1, 0.15) is 156 Å². The molecule has 296 valence electrons. The molecule has 5 amide bonds. The van der Waals surface area contributed by atoms with Crippen LogP contribution in [0.2, 0.25) is 0 Å². The van der Waals surface area contributed by atoms with Crippen LogP contribution in [0.25, 0.3) is 0 Å². The molecule has 1 spiro atoms. The number of carbonyl (C=O) groups is 5. The van der Waals surface area contributed by atoms with E-state index in [-0.39, 0.29) is 65.7 Å². The first kappa shape index (κ1) is 39.8. The maximum Gasteiger partial charge on any atom is 0.315 e. The van der Waals surface area contributed by atoms with Crippen molar-refractivity contribution in [1.82, 2.24) is 26.2 Å². The summed E-state index contributed by atoms with van der Waals surface area (Å²) in [6, 6.07) is -2.10. The molecule has 0 aromatic rings. The number of hydrogen-bond donors (Lipinski definition) is 4. The van der Waals surface area contributed by atoms with Crippen molar-refractivity contribution in [3.63, 3.8) is 0 Å². The van der Waals surface area contributed by atoms with Crippen LogP contribution in [0.3, 0.4) is 0 Å². The summed E-state index contributed by atoms with van der Waals surface area (Å²) >= 11 is 0. The summed E-state index contributed by atoms with van der Waals surface area (Å²) in [5.74, 6) is 0.554. The molecule has 0 aromatic carbocycles. The lowest BCUT2D eigenvalue weighted by Gasteiger charge is -2.44. The van der Waals surface area contributed by atoms with Crippen LogP contribution in [-0.2, 0) is 19.2 Å². The Bertz CT molecular complexity index is 1380. The van der Waals surface area contributed by atoms with Gasteiger partial charge in [-0.2, -0.15) is 0 Å². The lowest BCUT2D eigenvalue weighted by molar-refractivity contribution is -0.144. The standard InChI is InChI=1S/C43H69N5O5/c1-6-24-44-34(50)26-30(25-29-14-13-15-29)45-37(51)35-31-16-21-42(22-23-42)32(31)28-48(35)38(52)36(41(5)17-9-7-10-18-41)46-39(53)47-43(19-11-8-12-20-43)27-33(49)40(2,3)4/h6,29-32,35-36H,1,7-28H2,2-5H3,(H,44,50)(H,45,51)(H2,46,47,53)/t30?,31-,32-,35-,36+/m0/s1. The maximum absolute atomic E-state index is 15.2. The van der Waals surface area contributed by atoms with E-state index in [0.717, 1.165) is 109 Å². The van der Waals surface area contributed by atoms with Gasteiger partial charge in [0.2, 0.25) is 17.7 Å².